The SMILES string of the molecule is Cc1cccc(C)c1N1CC(c2nc3ccccc3n2CC(=O)c2ccc(Cl)cc2)CC1=O. The van der Waals surface area contributed by atoms with Crippen LogP contribution < -0.4 is 4.90 Å². The maximum Gasteiger partial charge on any atom is 0.227 e. The van der Waals surface area contributed by atoms with Gasteiger partial charge in [0.1, 0.15) is 5.82 Å². The van der Waals surface area contributed by atoms with E-state index >= 15 is 0 Å². The number of aromatic nitrogens is 2. The fourth-order valence-corrected chi connectivity index (χ4v) is 4.90. The molecule has 5 nitrogen and oxygen atoms in total. The number of imidazole rings is 1. The van der Waals surface area contributed by atoms with Gasteiger partial charge in [0.2, 0.25) is 5.91 Å². The molecule has 1 unspecified atom stereocenters. The number of benzene rings is 3. The maximum atomic E-state index is 13.1. The van der Waals surface area contributed by atoms with Gasteiger partial charge in [0.05, 0.1) is 17.6 Å². The maximum absolute atomic E-state index is 13.1. The smallest absolute Gasteiger partial charge is 0.227 e. The summed E-state index contributed by atoms with van der Waals surface area (Å²) >= 11 is 5.99. The van der Waals surface area contributed by atoms with E-state index in [9.17, 15) is 9.59 Å². The molecule has 1 aromatic heterocycles. The summed E-state index contributed by atoms with van der Waals surface area (Å²) in [6, 6.07) is 20.8. The molecule has 3 aromatic carbocycles. The highest BCUT2D eigenvalue weighted by atomic mass is 35.5. The Morgan fingerprint density at radius 2 is 1.70 bits per heavy atom. The van der Waals surface area contributed by atoms with Crippen LogP contribution in [0.2, 0.25) is 5.02 Å². The van der Waals surface area contributed by atoms with Crippen molar-refractivity contribution in [1.82, 2.24) is 9.55 Å². The van der Waals surface area contributed by atoms with Gasteiger partial charge >= 0.3 is 0 Å². The molecule has 1 aliphatic heterocycles. The zero-order valence-electron chi connectivity index (χ0n) is 18.6. The Morgan fingerprint density at radius 1 is 1.00 bits per heavy atom. The fourth-order valence-electron chi connectivity index (χ4n) is 4.77. The van der Waals surface area contributed by atoms with Crippen molar-refractivity contribution in [3.8, 4) is 0 Å². The van der Waals surface area contributed by atoms with Crippen LogP contribution >= 0.6 is 11.6 Å². The quantitative estimate of drug-likeness (QED) is 0.361. The second-order valence-corrected chi connectivity index (χ2v) is 9.06. The number of Topliss-reactive ketones (excluding diaryl/α,β-unsaturated/α-hetero) is 1. The Balaban J connectivity index is 1.52. The molecule has 2 heterocycles. The number of carbonyl (C=O) groups excluding carboxylic acids is 2. The molecule has 4 aromatic rings. The van der Waals surface area contributed by atoms with Crippen LogP contribution in [0, 0.1) is 13.8 Å². The minimum absolute atomic E-state index is 0.0213. The highest BCUT2D eigenvalue weighted by Crippen LogP contribution is 2.36. The van der Waals surface area contributed by atoms with E-state index < -0.39 is 0 Å². The molecular weight excluding hydrogens is 434 g/mol. The number of para-hydroxylation sites is 3. The third kappa shape index (κ3) is 3.93. The largest absolute Gasteiger partial charge is 0.320 e. The standard InChI is InChI=1S/C27H24ClN3O2/c1-17-6-5-7-18(2)26(17)31-15-20(14-25(31)33)27-29-22-8-3-4-9-23(22)30(27)16-24(32)19-10-12-21(28)13-11-19/h3-13,20H,14-16H2,1-2H3. The van der Waals surface area contributed by atoms with Crippen molar-refractivity contribution in [1.29, 1.82) is 0 Å². The molecule has 1 atom stereocenters. The molecule has 0 N–H and O–H groups in total. The van der Waals surface area contributed by atoms with Crippen molar-refractivity contribution in [2.24, 2.45) is 0 Å². The Morgan fingerprint density at radius 3 is 2.42 bits per heavy atom. The third-order valence-electron chi connectivity index (χ3n) is 6.35. The van der Waals surface area contributed by atoms with Gasteiger partial charge in [-0.1, -0.05) is 41.9 Å². The van der Waals surface area contributed by atoms with Gasteiger partial charge in [-0.25, -0.2) is 4.98 Å². The summed E-state index contributed by atoms with van der Waals surface area (Å²) < 4.78 is 1.97. The Kier molecular flexibility index (Phi) is 5.51. The van der Waals surface area contributed by atoms with Gasteiger partial charge in [0.15, 0.2) is 5.78 Å². The first-order valence-electron chi connectivity index (χ1n) is 11.0. The number of hydrogen-bond donors (Lipinski definition) is 0. The van der Waals surface area contributed by atoms with Crippen LogP contribution in [-0.4, -0.2) is 27.8 Å². The molecular formula is C27H24ClN3O2. The van der Waals surface area contributed by atoms with Crippen molar-refractivity contribution >= 4 is 40.0 Å². The number of ketones is 1. The summed E-state index contributed by atoms with van der Waals surface area (Å²) in [6.07, 6.45) is 0.367. The Bertz CT molecular complexity index is 1350. The van der Waals surface area contributed by atoms with Crippen molar-refractivity contribution < 1.29 is 9.59 Å². The third-order valence-corrected chi connectivity index (χ3v) is 6.60. The predicted octanol–water partition coefficient (Wildman–Crippen LogP) is 5.71. The van der Waals surface area contributed by atoms with Gasteiger partial charge in [-0.3, -0.25) is 9.59 Å². The van der Waals surface area contributed by atoms with E-state index in [1.807, 2.05) is 65.8 Å². The molecule has 1 saturated heterocycles. The van der Waals surface area contributed by atoms with Crippen LogP contribution in [0.25, 0.3) is 11.0 Å². The van der Waals surface area contributed by atoms with E-state index in [-0.39, 0.29) is 24.2 Å². The summed E-state index contributed by atoms with van der Waals surface area (Å²) in [5.41, 5.74) is 5.46. The van der Waals surface area contributed by atoms with E-state index in [4.69, 9.17) is 16.6 Å². The molecule has 0 saturated carbocycles. The number of halogens is 1. The van der Waals surface area contributed by atoms with Gasteiger partial charge < -0.3 is 9.47 Å². The van der Waals surface area contributed by atoms with Crippen molar-refractivity contribution in [2.45, 2.75) is 32.7 Å². The average Bonchev–Trinajstić information content (AvgIpc) is 3.35. The fraction of sp³-hybridized carbons (Fsp3) is 0.222. The van der Waals surface area contributed by atoms with E-state index in [2.05, 4.69) is 0 Å². The molecule has 0 spiro atoms. The van der Waals surface area contributed by atoms with Gasteiger partial charge in [-0.15, -0.1) is 0 Å². The number of fused-ring (bicyclic) bond motifs is 1. The number of aryl methyl sites for hydroxylation is 2. The number of amides is 1. The van der Waals surface area contributed by atoms with Crippen LogP contribution in [0.1, 0.15) is 39.6 Å². The first-order chi connectivity index (χ1) is 15.9. The van der Waals surface area contributed by atoms with Crippen molar-refractivity contribution in [3.05, 3.63) is 94.3 Å². The second kappa shape index (κ2) is 8.49. The summed E-state index contributed by atoms with van der Waals surface area (Å²) in [5, 5.41) is 0.594. The molecule has 6 heteroatoms. The lowest BCUT2D eigenvalue weighted by Crippen LogP contribution is -2.26. The lowest BCUT2D eigenvalue weighted by atomic mass is 10.1. The summed E-state index contributed by atoms with van der Waals surface area (Å²) in [4.78, 5) is 32.9. The average molecular weight is 458 g/mol. The lowest BCUT2D eigenvalue weighted by molar-refractivity contribution is -0.117. The monoisotopic (exact) mass is 457 g/mol. The lowest BCUT2D eigenvalue weighted by Gasteiger charge is -2.21. The number of carbonyl (C=O) groups is 2. The number of hydrogen-bond acceptors (Lipinski definition) is 3. The Labute approximate surface area is 197 Å². The minimum atomic E-state index is -0.0954. The molecule has 1 fully saturated rings. The molecule has 33 heavy (non-hydrogen) atoms. The molecule has 1 amide bonds. The highest BCUT2D eigenvalue weighted by molar-refractivity contribution is 6.30. The van der Waals surface area contributed by atoms with Crippen molar-refractivity contribution in [2.75, 3.05) is 11.4 Å². The molecule has 166 valence electrons. The molecule has 1 aliphatic rings. The van der Waals surface area contributed by atoms with E-state index in [0.717, 1.165) is 33.7 Å². The summed E-state index contributed by atoms with van der Waals surface area (Å²) in [7, 11) is 0. The predicted molar refractivity (Wildman–Crippen MR) is 131 cm³/mol. The topological polar surface area (TPSA) is 55.2 Å². The van der Waals surface area contributed by atoms with Crippen LogP contribution in [0.5, 0.6) is 0 Å². The molecule has 0 radical (unpaired) electrons. The zero-order valence-corrected chi connectivity index (χ0v) is 19.3. The van der Waals surface area contributed by atoms with Gasteiger partial charge in [0.25, 0.3) is 0 Å². The normalized spacial score (nSPS) is 16.0. The summed E-state index contributed by atoms with van der Waals surface area (Å²) in [6.45, 7) is 4.76. The van der Waals surface area contributed by atoms with Gasteiger partial charge in [0, 0.05) is 35.2 Å². The first kappa shape index (κ1) is 21.4. The molecule has 0 bridgehead atoms. The second-order valence-electron chi connectivity index (χ2n) is 8.62. The number of anilines is 1. The zero-order chi connectivity index (χ0) is 23.1. The van der Waals surface area contributed by atoms with Crippen LogP contribution in [-0.2, 0) is 11.3 Å². The van der Waals surface area contributed by atoms with E-state index in [0.29, 0.717) is 23.6 Å². The Hall–Kier alpha value is -3.44. The van der Waals surface area contributed by atoms with Crippen LogP contribution in [0.3, 0.4) is 0 Å². The molecule has 0 aliphatic carbocycles. The van der Waals surface area contributed by atoms with Crippen LogP contribution in [0.15, 0.2) is 66.7 Å². The van der Waals surface area contributed by atoms with Crippen molar-refractivity contribution in [3.63, 3.8) is 0 Å². The number of nitrogens with zero attached hydrogens (tertiary/aromatic N) is 3. The van der Waals surface area contributed by atoms with Gasteiger partial charge in [-0.05, 0) is 61.4 Å². The summed E-state index contributed by atoms with van der Waals surface area (Å²) in [5.74, 6) is 0.745. The van der Waals surface area contributed by atoms with E-state index in [1.165, 1.54) is 0 Å². The molecule has 5 rings (SSSR count). The minimum Gasteiger partial charge on any atom is -0.320 e. The number of rotatable bonds is 5. The first-order valence-corrected chi connectivity index (χ1v) is 11.4. The van der Waals surface area contributed by atoms with Crippen LogP contribution in [0.4, 0.5) is 5.69 Å². The van der Waals surface area contributed by atoms with Gasteiger partial charge in [-0.2, -0.15) is 0 Å². The highest BCUT2D eigenvalue weighted by Gasteiger charge is 2.36. The van der Waals surface area contributed by atoms with E-state index in [1.54, 1.807) is 24.3 Å².